The van der Waals surface area contributed by atoms with Crippen LogP contribution in [0.1, 0.15) is 57.1 Å². The lowest BCUT2D eigenvalue weighted by Gasteiger charge is -2.31. The van der Waals surface area contributed by atoms with E-state index in [1.54, 1.807) is 17.2 Å². The van der Waals surface area contributed by atoms with Crippen molar-refractivity contribution in [2.45, 2.75) is 38.3 Å². The van der Waals surface area contributed by atoms with Crippen LogP contribution in [0.2, 0.25) is 5.02 Å². The first kappa shape index (κ1) is 25.8. The standard InChI is InChI=1S/C26H25ClFN3O4S/c1-16(26(34)35-14-17-6-3-2-4-7-17)29-23(32)21-15-36-24(30-21)18-10-12-31(13-11-18)25(33)22-19(27)8-5-9-20(22)28/h2-9,15-16,18H,10-14H2,1H3,(H,29,32). The molecule has 7 nitrogen and oxygen atoms in total. The number of carbonyl (C=O) groups is 3. The molecule has 0 saturated carbocycles. The van der Waals surface area contributed by atoms with Crippen LogP contribution in [-0.4, -0.2) is 46.8 Å². The second-order valence-corrected chi connectivity index (χ2v) is 9.82. The number of benzene rings is 2. The van der Waals surface area contributed by atoms with Gasteiger partial charge in [0.25, 0.3) is 11.8 Å². The Balaban J connectivity index is 1.28. The molecule has 188 valence electrons. The Morgan fingerprint density at radius 1 is 1.17 bits per heavy atom. The summed E-state index contributed by atoms with van der Waals surface area (Å²) < 4.78 is 19.4. The van der Waals surface area contributed by atoms with Gasteiger partial charge in [0.15, 0.2) is 0 Å². The van der Waals surface area contributed by atoms with Crippen LogP contribution in [0.3, 0.4) is 0 Å². The fourth-order valence-corrected chi connectivity index (χ4v) is 5.17. The van der Waals surface area contributed by atoms with Crippen molar-refractivity contribution < 1.29 is 23.5 Å². The van der Waals surface area contributed by atoms with Crippen LogP contribution in [0, 0.1) is 5.82 Å². The van der Waals surface area contributed by atoms with Crippen molar-refractivity contribution >= 4 is 40.7 Å². The van der Waals surface area contributed by atoms with Crippen LogP contribution in [0.15, 0.2) is 53.9 Å². The third kappa shape index (κ3) is 6.09. The van der Waals surface area contributed by atoms with E-state index in [-0.39, 0.29) is 28.8 Å². The smallest absolute Gasteiger partial charge is 0.328 e. The Kier molecular flexibility index (Phi) is 8.32. The van der Waals surface area contributed by atoms with Crippen molar-refractivity contribution in [3.63, 3.8) is 0 Å². The molecule has 1 saturated heterocycles. The summed E-state index contributed by atoms with van der Waals surface area (Å²) in [6.45, 7) is 2.55. The molecule has 0 radical (unpaired) electrons. The minimum absolute atomic E-state index is 0.0740. The van der Waals surface area contributed by atoms with Crippen molar-refractivity contribution in [3.8, 4) is 0 Å². The molecule has 1 aliphatic heterocycles. The highest BCUT2D eigenvalue weighted by molar-refractivity contribution is 7.09. The molecule has 0 bridgehead atoms. The second-order valence-electron chi connectivity index (χ2n) is 8.52. The number of piperidine rings is 1. The molecule has 2 aromatic carbocycles. The monoisotopic (exact) mass is 529 g/mol. The number of aromatic nitrogens is 1. The minimum Gasteiger partial charge on any atom is -0.459 e. The highest BCUT2D eigenvalue weighted by atomic mass is 35.5. The number of halogens is 2. The Labute approximate surface area is 217 Å². The normalized spacial score (nSPS) is 14.8. The first-order valence-corrected chi connectivity index (χ1v) is 12.8. The van der Waals surface area contributed by atoms with E-state index in [0.29, 0.717) is 25.9 Å². The van der Waals surface area contributed by atoms with Gasteiger partial charge in [0.2, 0.25) is 0 Å². The van der Waals surface area contributed by atoms with E-state index in [2.05, 4.69) is 10.3 Å². The van der Waals surface area contributed by atoms with Gasteiger partial charge >= 0.3 is 5.97 Å². The topological polar surface area (TPSA) is 88.6 Å². The lowest BCUT2D eigenvalue weighted by Crippen LogP contribution is -2.39. The maximum Gasteiger partial charge on any atom is 0.328 e. The van der Waals surface area contributed by atoms with Crippen molar-refractivity contribution in [3.05, 3.63) is 86.6 Å². The van der Waals surface area contributed by atoms with E-state index in [1.807, 2.05) is 30.3 Å². The summed E-state index contributed by atoms with van der Waals surface area (Å²) in [5, 5.41) is 5.17. The molecule has 4 rings (SSSR count). The van der Waals surface area contributed by atoms with E-state index in [4.69, 9.17) is 16.3 Å². The summed E-state index contributed by atoms with van der Waals surface area (Å²) in [7, 11) is 0. The molecule has 0 spiro atoms. The zero-order valence-electron chi connectivity index (χ0n) is 19.6. The Morgan fingerprint density at radius 2 is 1.89 bits per heavy atom. The molecule has 2 heterocycles. The van der Waals surface area contributed by atoms with Crippen LogP contribution >= 0.6 is 22.9 Å². The van der Waals surface area contributed by atoms with Gasteiger partial charge < -0.3 is 15.0 Å². The van der Waals surface area contributed by atoms with Gasteiger partial charge in [-0.25, -0.2) is 14.2 Å². The predicted molar refractivity (Wildman–Crippen MR) is 135 cm³/mol. The van der Waals surface area contributed by atoms with Gasteiger partial charge in [-0.15, -0.1) is 11.3 Å². The van der Waals surface area contributed by atoms with Crippen molar-refractivity contribution in [2.75, 3.05) is 13.1 Å². The lowest BCUT2D eigenvalue weighted by atomic mass is 9.97. The quantitative estimate of drug-likeness (QED) is 0.443. The molecular formula is C26H25ClFN3O4S. The van der Waals surface area contributed by atoms with Gasteiger partial charge in [-0.05, 0) is 37.5 Å². The molecule has 1 fully saturated rings. The van der Waals surface area contributed by atoms with Gasteiger partial charge in [-0.2, -0.15) is 0 Å². The molecule has 2 amide bonds. The number of hydrogen-bond donors (Lipinski definition) is 1. The fourth-order valence-electron chi connectivity index (χ4n) is 3.95. The number of thiazole rings is 1. The summed E-state index contributed by atoms with van der Waals surface area (Å²) in [6.07, 6.45) is 1.27. The molecule has 0 aliphatic carbocycles. The second kappa shape index (κ2) is 11.6. The molecule has 1 unspecified atom stereocenters. The van der Waals surface area contributed by atoms with Gasteiger partial charge in [0.1, 0.15) is 24.2 Å². The minimum atomic E-state index is -0.828. The highest BCUT2D eigenvalue weighted by Crippen LogP contribution is 2.32. The zero-order valence-corrected chi connectivity index (χ0v) is 21.2. The maximum absolute atomic E-state index is 14.1. The largest absolute Gasteiger partial charge is 0.459 e. The number of esters is 1. The number of likely N-dealkylation sites (tertiary alicyclic amines) is 1. The van der Waals surface area contributed by atoms with Crippen LogP contribution in [0.25, 0.3) is 0 Å². The number of amides is 2. The van der Waals surface area contributed by atoms with Crippen molar-refractivity contribution in [2.24, 2.45) is 0 Å². The summed E-state index contributed by atoms with van der Waals surface area (Å²) >= 11 is 7.40. The molecular weight excluding hydrogens is 505 g/mol. The number of hydrogen-bond acceptors (Lipinski definition) is 6. The molecule has 1 N–H and O–H groups in total. The summed E-state index contributed by atoms with van der Waals surface area (Å²) in [5.74, 6) is -1.98. The Bertz CT molecular complexity index is 1220. The van der Waals surface area contributed by atoms with Crippen LogP contribution in [0.4, 0.5) is 4.39 Å². The number of nitrogens with zero attached hydrogens (tertiary/aromatic N) is 2. The van der Waals surface area contributed by atoms with Gasteiger partial charge in [-0.3, -0.25) is 9.59 Å². The highest BCUT2D eigenvalue weighted by Gasteiger charge is 2.29. The molecule has 36 heavy (non-hydrogen) atoms. The third-order valence-corrected chi connectivity index (χ3v) is 7.31. The first-order valence-electron chi connectivity index (χ1n) is 11.5. The average molecular weight is 530 g/mol. The summed E-state index contributed by atoms with van der Waals surface area (Å²) in [6, 6.07) is 12.6. The predicted octanol–water partition coefficient (Wildman–Crippen LogP) is 4.82. The molecule has 1 aromatic heterocycles. The van der Waals surface area contributed by atoms with Gasteiger partial charge in [-0.1, -0.05) is 48.0 Å². The van der Waals surface area contributed by atoms with E-state index in [1.165, 1.54) is 29.5 Å². The molecule has 1 atom stereocenters. The Morgan fingerprint density at radius 3 is 2.58 bits per heavy atom. The maximum atomic E-state index is 14.1. The van der Waals surface area contributed by atoms with Gasteiger partial charge in [0.05, 0.1) is 15.6 Å². The van der Waals surface area contributed by atoms with E-state index in [9.17, 15) is 18.8 Å². The average Bonchev–Trinajstić information content (AvgIpc) is 3.38. The van der Waals surface area contributed by atoms with Crippen LogP contribution < -0.4 is 5.32 Å². The van der Waals surface area contributed by atoms with E-state index < -0.39 is 29.6 Å². The van der Waals surface area contributed by atoms with Crippen molar-refractivity contribution in [1.82, 2.24) is 15.2 Å². The summed E-state index contributed by atoms with van der Waals surface area (Å²) in [4.78, 5) is 43.7. The number of carbonyl (C=O) groups excluding carboxylic acids is 3. The van der Waals surface area contributed by atoms with E-state index in [0.717, 1.165) is 10.6 Å². The van der Waals surface area contributed by atoms with Crippen LogP contribution in [0.5, 0.6) is 0 Å². The number of rotatable bonds is 7. The first-order chi connectivity index (χ1) is 17.3. The third-order valence-electron chi connectivity index (χ3n) is 5.99. The lowest BCUT2D eigenvalue weighted by molar-refractivity contribution is -0.146. The molecule has 1 aliphatic rings. The van der Waals surface area contributed by atoms with Crippen LogP contribution in [-0.2, 0) is 16.1 Å². The van der Waals surface area contributed by atoms with E-state index >= 15 is 0 Å². The zero-order chi connectivity index (χ0) is 25.7. The Hall–Kier alpha value is -3.30. The number of ether oxygens (including phenoxy) is 1. The molecule has 3 aromatic rings. The molecule has 10 heteroatoms. The summed E-state index contributed by atoms with van der Waals surface area (Å²) in [5.41, 5.74) is 0.981. The SMILES string of the molecule is CC(NC(=O)c1csc(C2CCN(C(=O)c3c(F)cccc3Cl)CC2)n1)C(=O)OCc1ccccc1. The number of nitrogens with one attached hydrogen (secondary N) is 1. The van der Waals surface area contributed by atoms with Crippen molar-refractivity contribution in [1.29, 1.82) is 0 Å². The van der Waals surface area contributed by atoms with Gasteiger partial charge in [0, 0.05) is 24.4 Å². The fraction of sp³-hybridized carbons (Fsp3) is 0.308.